The van der Waals surface area contributed by atoms with E-state index in [0.29, 0.717) is 62.9 Å². The topological polar surface area (TPSA) is 125 Å². The molecule has 0 bridgehead atoms. The Kier molecular flexibility index (Phi) is 24.8. The van der Waals surface area contributed by atoms with Crippen LogP contribution in [0.4, 0.5) is 5.69 Å². The first-order chi connectivity index (χ1) is 59.3. The van der Waals surface area contributed by atoms with Crippen molar-refractivity contribution in [1.82, 2.24) is 18.9 Å². The van der Waals surface area contributed by atoms with Crippen LogP contribution in [-0.4, -0.2) is 56.9 Å². The Bertz CT molecular complexity index is 6800. The zero-order valence-electron chi connectivity index (χ0n) is 70.4. The number of nitrogens with zero attached hydrogens (tertiary/aromatic N) is 7. The smallest absolute Gasteiger partial charge is 1.00 e. The summed E-state index contributed by atoms with van der Waals surface area (Å²) in [4.78, 5) is 61.8. The van der Waals surface area contributed by atoms with E-state index in [2.05, 4.69) is 198 Å². The number of anilines is 1. The van der Waals surface area contributed by atoms with Crippen molar-refractivity contribution in [1.29, 1.82) is 5.26 Å². The molecule has 0 unspecified atom stereocenters. The zero-order chi connectivity index (χ0) is 82.9. The SMILES string of the molecule is CCN1C(=O)C2=C(c3ccccc3)N(CC)C(=O)C2=C1c1ccccc1.Cn1c2ccccc2c(=O)c2cc3c(cc21)c(=O)c1ccccc1n3C.I.[C-]#[N+]/C(C#N)=C1\C=C(C)OC(/C=C/c2cc3c4c(c2)CCCN4CCC3)=C1.[H-].[HH].[K+].c1ccc(-c2c3ccccc3c(-c3ccccc3)c3c(-c4ccccc4)c4ccccc4c(-c4ccccc4)c23)cc1. The van der Waals surface area contributed by atoms with Crippen LogP contribution in [0.5, 0.6) is 0 Å². The van der Waals surface area contributed by atoms with E-state index in [1.165, 1.54) is 125 Å². The van der Waals surface area contributed by atoms with E-state index in [9.17, 15) is 19.2 Å². The number of halogens is 1. The number of hydrogen-bond acceptors (Lipinski definition) is 7. The van der Waals surface area contributed by atoms with Gasteiger partial charge in [-0.1, -0.05) is 261 Å². The molecule has 0 N–H and O–H groups in total. The molecule has 0 radical (unpaired) electrons. The molecule has 0 saturated heterocycles. The van der Waals surface area contributed by atoms with E-state index in [1.54, 1.807) is 22.0 Å². The maximum absolute atomic E-state index is 13.2. The zero-order valence-corrected chi connectivity index (χ0v) is 74.9. The minimum absolute atomic E-state index is 0. The third-order valence-corrected chi connectivity index (χ3v) is 23.9. The summed E-state index contributed by atoms with van der Waals surface area (Å²) in [7, 11) is 3.86. The summed E-state index contributed by atoms with van der Waals surface area (Å²) in [5.41, 5.74) is 23.8. The van der Waals surface area contributed by atoms with Crippen molar-refractivity contribution in [2.45, 2.75) is 46.5 Å². The molecule has 21 rings (SSSR count). The van der Waals surface area contributed by atoms with Crippen LogP contribution in [-0.2, 0) is 41.3 Å². The van der Waals surface area contributed by atoms with Crippen molar-refractivity contribution in [3.63, 3.8) is 0 Å². The van der Waals surface area contributed by atoms with E-state index < -0.39 is 0 Å². The number of para-hydroxylation sites is 2. The Hall–Kier alpha value is -12.9. The number of allylic oxidation sites excluding steroid dienone is 6. The van der Waals surface area contributed by atoms with Crippen LogP contribution in [0.3, 0.4) is 0 Å². The number of benzene rings is 14. The van der Waals surface area contributed by atoms with E-state index in [1.807, 2.05) is 177 Å². The molecule has 7 heterocycles. The van der Waals surface area contributed by atoms with E-state index in [0.717, 1.165) is 57.4 Å². The molecule has 0 fully saturated rings. The summed E-state index contributed by atoms with van der Waals surface area (Å²) in [6, 6.07) is 106. The van der Waals surface area contributed by atoms with Crippen LogP contribution in [0.25, 0.3) is 143 Å². The van der Waals surface area contributed by atoms with Gasteiger partial charge in [-0.2, -0.15) is 0 Å². The first kappa shape index (κ1) is 83.8. The van der Waals surface area contributed by atoms with Crippen LogP contribution in [0.1, 0.15) is 64.3 Å². The second-order valence-corrected chi connectivity index (χ2v) is 30.9. The fourth-order valence-corrected chi connectivity index (χ4v) is 18.6. The van der Waals surface area contributed by atoms with Crippen molar-refractivity contribution in [2.24, 2.45) is 14.1 Å². The van der Waals surface area contributed by atoms with Gasteiger partial charge in [0.15, 0.2) is 10.9 Å². The summed E-state index contributed by atoms with van der Waals surface area (Å²) < 4.78 is 9.73. The second kappa shape index (κ2) is 36.4. The maximum Gasteiger partial charge on any atom is 1.00 e. The average molecular weight is 1740 g/mol. The number of aromatic nitrogens is 2. The fourth-order valence-electron chi connectivity index (χ4n) is 18.6. The number of nitriles is 1. The molecule has 16 aromatic rings. The number of rotatable bonds is 10. The van der Waals surface area contributed by atoms with Gasteiger partial charge in [-0.3, -0.25) is 19.2 Å². The third-order valence-electron chi connectivity index (χ3n) is 23.9. The van der Waals surface area contributed by atoms with Gasteiger partial charge in [-0.15, -0.1) is 24.0 Å². The van der Waals surface area contributed by atoms with Crippen LogP contribution in [0.2, 0.25) is 0 Å². The molecule has 5 aliphatic heterocycles. The number of ether oxygens (including phenoxy) is 1. The van der Waals surface area contributed by atoms with Gasteiger partial charge in [0.1, 0.15) is 11.5 Å². The van der Waals surface area contributed by atoms with Crippen LogP contribution in [0, 0.1) is 17.9 Å². The average Bonchev–Trinajstić information content (AvgIpc) is 1.49. The molecule has 12 nitrogen and oxygen atoms in total. The summed E-state index contributed by atoms with van der Waals surface area (Å²) in [6.07, 6.45) is 12.2. The van der Waals surface area contributed by atoms with E-state index >= 15 is 0 Å². The quantitative estimate of drug-likeness (QED) is 0.0439. The molecule has 0 aliphatic carbocycles. The number of fused-ring (bicyclic) bond motifs is 8. The summed E-state index contributed by atoms with van der Waals surface area (Å²) in [6.45, 7) is 16.3. The summed E-state index contributed by atoms with van der Waals surface area (Å²) in [5.74, 6) is 1.14. The second-order valence-electron chi connectivity index (χ2n) is 30.9. The number of likely N-dealkylation sites (N-methyl/N-ethyl adjacent to an activating group) is 2. The monoisotopic (exact) mass is 1740 g/mol. The number of aryl methyl sites for hydroxylation is 4. The predicted molar refractivity (Wildman–Crippen MR) is 514 cm³/mol. The molecule has 0 saturated carbocycles. The first-order valence-electron chi connectivity index (χ1n) is 41.3. The first-order valence-corrected chi connectivity index (χ1v) is 41.3. The van der Waals surface area contributed by atoms with Gasteiger partial charge >= 0.3 is 51.4 Å². The van der Waals surface area contributed by atoms with Crippen molar-refractivity contribution in [3.8, 4) is 50.6 Å². The number of pyridine rings is 2. The van der Waals surface area contributed by atoms with E-state index in [-0.39, 0.29) is 107 Å². The van der Waals surface area contributed by atoms with Crippen LogP contribution in [0.15, 0.2) is 365 Å². The number of amides is 2. The van der Waals surface area contributed by atoms with Gasteiger partial charge in [0.2, 0.25) is 0 Å². The minimum Gasteiger partial charge on any atom is -1.00 e. The van der Waals surface area contributed by atoms with Gasteiger partial charge in [-0.05, 0) is 223 Å². The summed E-state index contributed by atoms with van der Waals surface area (Å²) in [5, 5.41) is 19.4. The molecule has 5 aliphatic rings. The molecular weight excluding hydrogens is 1650 g/mol. The molecule has 14 heteroatoms. The van der Waals surface area contributed by atoms with Crippen molar-refractivity contribution < 1.29 is 68.6 Å². The Labute approximate surface area is 777 Å². The molecule has 0 atom stereocenters. The predicted octanol–water partition coefficient (Wildman–Crippen LogP) is 21.9. The molecule has 123 heavy (non-hydrogen) atoms. The Morgan fingerprint density at radius 2 is 0.780 bits per heavy atom. The summed E-state index contributed by atoms with van der Waals surface area (Å²) >= 11 is 0. The third kappa shape index (κ3) is 15.5. The van der Waals surface area contributed by atoms with Crippen molar-refractivity contribution in [2.75, 3.05) is 31.1 Å². The Balaban J connectivity index is 0.000000137. The molecule has 0 spiro atoms. The van der Waals surface area contributed by atoms with Crippen molar-refractivity contribution >= 4 is 135 Å². The minimum atomic E-state index is -0.0930. The van der Waals surface area contributed by atoms with Crippen LogP contribution < -0.4 is 67.1 Å². The number of hydrogen-bond donors (Lipinski definition) is 0. The van der Waals surface area contributed by atoms with Crippen LogP contribution >= 0.6 is 24.0 Å². The van der Waals surface area contributed by atoms with Crippen molar-refractivity contribution in [3.05, 3.63) is 415 Å². The number of carbonyl (C=O) groups excluding carboxylic acids is 2. The molecule has 2 aromatic heterocycles. The van der Waals surface area contributed by atoms with Gasteiger partial charge < -0.3 is 30.0 Å². The molecular formula is C109H89IKN7O5. The van der Waals surface area contributed by atoms with Gasteiger partial charge in [0, 0.05) is 68.9 Å². The standard InChI is InChI=1S/C42H28.C23H21N3O.C22H16N2O2.C22H20N2O2.HI.K.H2.H/c1-5-17-29(18-6-1)37-33-25-13-14-26-34(33)39(31-21-9-3-10-22-31)42-40(32-23-11-4-12-24-32)36-28-16-15-27-35(36)38(41(37)42)30-19-7-2-8-20-30;1-16-11-20(22(15-24)25-2)14-21(27-16)8-7-17-12-18-5-3-9-26-10-4-6-19(13-17)23(18)26;1-23-17-9-5-3-7-13(17)21(25)15-12-20-16(11-19(15)23)22(26)14-8-4-6-10-18(14)24(20)2;1-3-23-19(15-11-7-5-8-12-15)17-18(21(23)25)20(24(4-2)22(17)26)16-13-9-6-10-14-16;;;;/h1-28H;7-8,11-14H,3-6,9-10H2,1H3;3-12H,1-2H3;5-14H,3-4H2,1-2H3;1H;;1H;/q;;;;;+1;;-1/b;8-7+,22-20+;;;;;;. The molecule has 598 valence electrons. The van der Waals surface area contributed by atoms with Gasteiger partial charge in [0.25, 0.3) is 17.5 Å². The van der Waals surface area contributed by atoms with E-state index in [4.69, 9.17) is 16.6 Å². The molecule has 14 aromatic carbocycles. The van der Waals surface area contributed by atoms with Gasteiger partial charge in [-0.25, -0.2) is 10.1 Å². The largest absolute Gasteiger partial charge is 1.00 e. The van der Waals surface area contributed by atoms with Gasteiger partial charge in [0.05, 0.1) is 57.2 Å². The Morgan fingerprint density at radius 3 is 1.12 bits per heavy atom. The maximum atomic E-state index is 13.2. The normalized spacial score (nSPS) is 14.3. The Morgan fingerprint density at radius 1 is 0.447 bits per heavy atom. The number of carbonyl (C=O) groups is 2. The fraction of sp³-hybridized carbons (Fsp3) is 0.119. The molecule has 2 amide bonds.